The van der Waals surface area contributed by atoms with Crippen LogP contribution in [-0.4, -0.2) is 25.5 Å². The molecule has 7 heavy (non-hydrogen) atoms. The fraction of sp³-hybridized carbons (Fsp3) is 0.750. The third-order valence-electron chi connectivity index (χ3n) is 1.04. The average molecular weight is 99.1 g/mol. The minimum Gasteiger partial charge on any atom is -0.343 e. The van der Waals surface area contributed by atoms with Gasteiger partial charge < -0.3 is 10.6 Å². The van der Waals surface area contributed by atoms with E-state index in [2.05, 4.69) is 10.6 Å². The van der Waals surface area contributed by atoms with E-state index in [1.807, 2.05) is 0 Å². The highest BCUT2D eigenvalue weighted by Crippen LogP contribution is 1.86. The summed E-state index contributed by atoms with van der Waals surface area (Å²) in [5.41, 5.74) is 0. The molecule has 3 heteroatoms. The molecule has 1 amide bonds. The third kappa shape index (κ3) is 0.899. The normalized spacial score (nSPS) is 20.6. The second kappa shape index (κ2) is 1.93. The SMILES string of the molecule is O=[C]NC1CNC1. The Morgan fingerprint density at radius 3 is 2.57 bits per heavy atom. The Labute approximate surface area is 42.1 Å². The molecule has 0 saturated carbocycles. The molecule has 1 radical (unpaired) electrons. The largest absolute Gasteiger partial charge is 0.343 e. The van der Waals surface area contributed by atoms with Crippen molar-refractivity contribution in [3.63, 3.8) is 0 Å². The van der Waals surface area contributed by atoms with Gasteiger partial charge in [0.05, 0.1) is 6.04 Å². The molecule has 0 atom stereocenters. The second-order valence-corrected chi connectivity index (χ2v) is 1.60. The molecule has 0 bridgehead atoms. The monoisotopic (exact) mass is 99.1 g/mol. The van der Waals surface area contributed by atoms with E-state index in [1.165, 1.54) is 0 Å². The van der Waals surface area contributed by atoms with E-state index in [9.17, 15) is 4.79 Å². The van der Waals surface area contributed by atoms with Crippen LogP contribution in [0.4, 0.5) is 0 Å². The quantitative estimate of drug-likeness (QED) is 0.419. The van der Waals surface area contributed by atoms with Gasteiger partial charge in [-0.05, 0) is 0 Å². The molecular formula is C4H7N2O. The lowest BCUT2D eigenvalue weighted by Crippen LogP contribution is -2.54. The standard InChI is InChI=1S/C4H7N2O/c7-3-6-4-1-5-2-4/h4-5H,1-2H2,(H,6,7). The second-order valence-electron chi connectivity index (χ2n) is 1.60. The lowest BCUT2D eigenvalue weighted by molar-refractivity contribution is 0.400. The number of amides is 1. The fourth-order valence-corrected chi connectivity index (χ4v) is 0.474. The third-order valence-corrected chi connectivity index (χ3v) is 1.04. The van der Waals surface area contributed by atoms with Crippen molar-refractivity contribution in [3.8, 4) is 0 Å². The summed E-state index contributed by atoms with van der Waals surface area (Å²) in [5, 5.41) is 5.52. The van der Waals surface area contributed by atoms with Crippen molar-refractivity contribution in [2.75, 3.05) is 13.1 Å². The maximum Gasteiger partial charge on any atom is 0.309 e. The molecule has 0 aromatic heterocycles. The van der Waals surface area contributed by atoms with Gasteiger partial charge in [0.2, 0.25) is 0 Å². The van der Waals surface area contributed by atoms with Crippen molar-refractivity contribution >= 4 is 6.41 Å². The topological polar surface area (TPSA) is 41.1 Å². The van der Waals surface area contributed by atoms with Crippen LogP contribution < -0.4 is 10.6 Å². The summed E-state index contributed by atoms with van der Waals surface area (Å²) in [7, 11) is 0. The fourth-order valence-electron chi connectivity index (χ4n) is 0.474. The first-order valence-electron chi connectivity index (χ1n) is 2.27. The van der Waals surface area contributed by atoms with Crippen LogP contribution in [0, 0.1) is 0 Å². The average Bonchev–Trinajstić information content (AvgIpc) is 1.55. The maximum atomic E-state index is 9.54. The van der Waals surface area contributed by atoms with Gasteiger partial charge in [0.1, 0.15) is 0 Å². The number of rotatable bonds is 2. The van der Waals surface area contributed by atoms with E-state index in [4.69, 9.17) is 0 Å². The smallest absolute Gasteiger partial charge is 0.309 e. The van der Waals surface area contributed by atoms with Crippen LogP contribution in [0.2, 0.25) is 0 Å². The number of carbonyl (C=O) groups excluding carboxylic acids is 1. The molecule has 1 rings (SSSR count). The summed E-state index contributed by atoms with van der Waals surface area (Å²) in [6, 6.07) is 0.345. The molecule has 0 aromatic rings. The van der Waals surface area contributed by atoms with Gasteiger partial charge in [0, 0.05) is 13.1 Å². The van der Waals surface area contributed by atoms with Crippen molar-refractivity contribution in [2.45, 2.75) is 6.04 Å². The molecular weight excluding hydrogens is 92.1 g/mol. The first-order valence-corrected chi connectivity index (χ1v) is 2.27. The minimum absolute atomic E-state index is 0.345. The molecule has 1 fully saturated rings. The van der Waals surface area contributed by atoms with Crippen LogP contribution in [0.5, 0.6) is 0 Å². The maximum absolute atomic E-state index is 9.54. The van der Waals surface area contributed by atoms with Crippen molar-refractivity contribution in [3.05, 3.63) is 0 Å². The van der Waals surface area contributed by atoms with Crippen molar-refractivity contribution in [1.82, 2.24) is 10.6 Å². The molecule has 0 aromatic carbocycles. The Kier molecular flexibility index (Phi) is 1.26. The minimum atomic E-state index is 0.345. The summed E-state index contributed by atoms with van der Waals surface area (Å²) < 4.78 is 0. The number of hydrogen-bond donors (Lipinski definition) is 2. The summed E-state index contributed by atoms with van der Waals surface area (Å²) in [6.07, 6.45) is 1.63. The van der Waals surface area contributed by atoms with Crippen molar-refractivity contribution in [2.24, 2.45) is 0 Å². The molecule has 0 aliphatic carbocycles. The summed E-state index contributed by atoms with van der Waals surface area (Å²) in [5.74, 6) is 0. The Balaban J connectivity index is 2.03. The Bertz CT molecular complexity index is 70.1. The molecule has 1 aliphatic rings. The van der Waals surface area contributed by atoms with E-state index in [0.717, 1.165) is 13.1 Å². The Morgan fingerprint density at radius 2 is 2.43 bits per heavy atom. The van der Waals surface area contributed by atoms with E-state index >= 15 is 0 Å². The highest BCUT2D eigenvalue weighted by Gasteiger charge is 2.14. The van der Waals surface area contributed by atoms with E-state index < -0.39 is 0 Å². The number of nitrogens with one attached hydrogen (secondary N) is 2. The molecule has 0 spiro atoms. The van der Waals surface area contributed by atoms with Gasteiger partial charge in [-0.1, -0.05) is 0 Å². The zero-order chi connectivity index (χ0) is 5.11. The van der Waals surface area contributed by atoms with Crippen molar-refractivity contribution < 1.29 is 4.79 Å². The lowest BCUT2D eigenvalue weighted by Gasteiger charge is -2.25. The van der Waals surface area contributed by atoms with Gasteiger partial charge in [-0.3, -0.25) is 4.79 Å². The van der Waals surface area contributed by atoms with Gasteiger partial charge in [0.15, 0.2) is 0 Å². The summed E-state index contributed by atoms with van der Waals surface area (Å²) in [6.45, 7) is 1.80. The Hall–Kier alpha value is -0.570. The molecule has 1 aliphatic heterocycles. The van der Waals surface area contributed by atoms with Crippen LogP contribution in [0.15, 0.2) is 0 Å². The molecule has 39 valence electrons. The summed E-state index contributed by atoms with van der Waals surface area (Å²) in [4.78, 5) is 9.54. The van der Waals surface area contributed by atoms with E-state index in [1.54, 1.807) is 6.41 Å². The molecule has 0 unspecified atom stereocenters. The Morgan fingerprint density at radius 1 is 1.71 bits per heavy atom. The highest BCUT2D eigenvalue weighted by molar-refractivity contribution is 5.48. The highest BCUT2D eigenvalue weighted by atomic mass is 16.1. The van der Waals surface area contributed by atoms with Crippen LogP contribution in [0.25, 0.3) is 0 Å². The first-order chi connectivity index (χ1) is 3.43. The zero-order valence-electron chi connectivity index (χ0n) is 3.90. The number of hydrogen-bond acceptors (Lipinski definition) is 2. The van der Waals surface area contributed by atoms with Crippen LogP contribution in [0.1, 0.15) is 0 Å². The molecule has 1 heterocycles. The predicted octanol–water partition coefficient (Wildman–Crippen LogP) is -1.38. The van der Waals surface area contributed by atoms with E-state index in [-0.39, 0.29) is 0 Å². The first kappa shape index (κ1) is 4.59. The van der Waals surface area contributed by atoms with Crippen molar-refractivity contribution in [1.29, 1.82) is 0 Å². The van der Waals surface area contributed by atoms with Crippen LogP contribution >= 0.6 is 0 Å². The van der Waals surface area contributed by atoms with Gasteiger partial charge in [-0.2, -0.15) is 0 Å². The predicted molar refractivity (Wildman–Crippen MR) is 25.5 cm³/mol. The van der Waals surface area contributed by atoms with Gasteiger partial charge in [0.25, 0.3) is 0 Å². The molecule has 1 saturated heterocycles. The van der Waals surface area contributed by atoms with Gasteiger partial charge in [-0.15, -0.1) is 0 Å². The molecule has 3 nitrogen and oxygen atoms in total. The van der Waals surface area contributed by atoms with Crippen LogP contribution in [0.3, 0.4) is 0 Å². The van der Waals surface area contributed by atoms with Crippen LogP contribution in [-0.2, 0) is 4.79 Å². The van der Waals surface area contributed by atoms with Gasteiger partial charge >= 0.3 is 6.41 Å². The summed E-state index contributed by atoms with van der Waals surface area (Å²) >= 11 is 0. The van der Waals surface area contributed by atoms with Gasteiger partial charge in [-0.25, -0.2) is 0 Å². The zero-order valence-corrected chi connectivity index (χ0v) is 3.90. The molecule has 2 N–H and O–H groups in total. The lowest BCUT2D eigenvalue weighted by atomic mass is 10.2. The van der Waals surface area contributed by atoms with E-state index in [0.29, 0.717) is 6.04 Å².